The lowest BCUT2D eigenvalue weighted by Gasteiger charge is -2.24. The normalized spacial score (nSPS) is 13.9. The summed E-state index contributed by atoms with van der Waals surface area (Å²) < 4.78 is 0. The van der Waals surface area contributed by atoms with E-state index in [1.807, 2.05) is 6.07 Å². The molecule has 0 spiro atoms. The molecule has 0 saturated carbocycles. The Balaban J connectivity index is 0.896. The van der Waals surface area contributed by atoms with Gasteiger partial charge in [-0.1, -0.05) is 198 Å². The first-order chi connectivity index (χ1) is 35.2. The molecule has 9 aromatic carbocycles. The minimum absolute atomic E-state index is 0.129. The van der Waals surface area contributed by atoms with Crippen molar-refractivity contribution in [3.8, 4) is 66.8 Å². The Kier molecular flexibility index (Phi) is 10.2. The van der Waals surface area contributed by atoms with Gasteiger partial charge in [-0.25, -0.2) is 9.97 Å². The van der Waals surface area contributed by atoms with Crippen molar-refractivity contribution in [1.29, 1.82) is 0 Å². The van der Waals surface area contributed by atoms with Gasteiger partial charge >= 0.3 is 0 Å². The minimum Gasteiger partial charge on any atom is -0.248 e. The van der Waals surface area contributed by atoms with Crippen LogP contribution >= 0.6 is 0 Å². The molecule has 2 heteroatoms. The van der Waals surface area contributed by atoms with Crippen LogP contribution in [0.2, 0.25) is 0 Å². The Hall–Kier alpha value is -8.72. The molecule has 342 valence electrons. The molecule has 0 bridgehead atoms. The monoisotopic (exact) mass is 920 g/mol. The van der Waals surface area contributed by atoms with Crippen LogP contribution in [0, 0.1) is 0 Å². The lowest BCUT2D eigenvalue weighted by molar-refractivity contribution is 0.660. The summed E-state index contributed by atoms with van der Waals surface area (Å²) in [5, 5.41) is 2.26. The van der Waals surface area contributed by atoms with E-state index in [1.165, 1.54) is 72.3 Å². The van der Waals surface area contributed by atoms with Gasteiger partial charge in [-0.3, -0.25) is 0 Å². The number of benzene rings is 9. The SMILES string of the molecule is CC1(C)c2cc(-c3ccccc3)ccc2-c2ccc(-c3ccc4c(c3)C(C)(C)c3cc(-c5cc(/C=C/c6ccc7ccccc7n6)c(-c6ccccc6)cc5/C=C/c5ccc6ccccc6n5)ccc3-4)cc21. The Morgan fingerprint density at radius 3 is 1.10 bits per heavy atom. The number of hydrogen-bond acceptors (Lipinski definition) is 2. The Morgan fingerprint density at radius 2 is 0.639 bits per heavy atom. The fourth-order valence-corrected chi connectivity index (χ4v) is 11.5. The smallest absolute Gasteiger partial charge is 0.0709 e. The van der Waals surface area contributed by atoms with Crippen LogP contribution in [0.3, 0.4) is 0 Å². The van der Waals surface area contributed by atoms with Crippen LogP contribution < -0.4 is 0 Å². The van der Waals surface area contributed by atoms with E-state index in [1.54, 1.807) is 0 Å². The van der Waals surface area contributed by atoms with Crippen LogP contribution in [0.25, 0.3) is 113 Å². The predicted octanol–water partition coefficient (Wildman–Crippen LogP) is 18.4. The fraction of sp³-hybridized carbons (Fsp3) is 0.0857. The highest BCUT2D eigenvalue weighted by molar-refractivity contribution is 5.94. The zero-order chi connectivity index (χ0) is 48.6. The maximum atomic E-state index is 5.04. The Labute approximate surface area is 422 Å². The number of para-hydroxylation sites is 2. The van der Waals surface area contributed by atoms with E-state index in [-0.39, 0.29) is 10.8 Å². The fourth-order valence-electron chi connectivity index (χ4n) is 11.5. The van der Waals surface area contributed by atoms with Crippen molar-refractivity contribution in [3.63, 3.8) is 0 Å². The highest BCUT2D eigenvalue weighted by atomic mass is 14.7. The molecule has 13 rings (SSSR count). The first-order valence-electron chi connectivity index (χ1n) is 25.1. The van der Waals surface area contributed by atoms with Crippen molar-refractivity contribution >= 4 is 46.1 Å². The average molecular weight is 921 g/mol. The van der Waals surface area contributed by atoms with Gasteiger partial charge in [-0.05, 0) is 173 Å². The number of nitrogens with zero attached hydrogens (tertiary/aromatic N) is 2. The summed E-state index contributed by atoms with van der Waals surface area (Å²) in [5.41, 5.74) is 26.1. The maximum Gasteiger partial charge on any atom is 0.0709 e. The lowest BCUT2D eigenvalue weighted by Crippen LogP contribution is -2.15. The van der Waals surface area contributed by atoms with Crippen LogP contribution in [0.15, 0.2) is 218 Å². The van der Waals surface area contributed by atoms with E-state index in [0.717, 1.165) is 61.0 Å². The summed E-state index contributed by atoms with van der Waals surface area (Å²) in [5.74, 6) is 0. The molecule has 0 unspecified atom stereocenters. The van der Waals surface area contributed by atoms with Crippen molar-refractivity contribution in [2.24, 2.45) is 0 Å². The third-order valence-corrected chi connectivity index (χ3v) is 15.5. The quantitative estimate of drug-likeness (QED) is 0.152. The molecule has 0 radical (unpaired) electrons. The highest BCUT2D eigenvalue weighted by Crippen LogP contribution is 2.53. The van der Waals surface area contributed by atoms with Gasteiger partial charge in [-0.2, -0.15) is 0 Å². The predicted molar refractivity (Wildman–Crippen MR) is 305 cm³/mol. The lowest BCUT2D eigenvalue weighted by atomic mass is 9.79. The topological polar surface area (TPSA) is 25.8 Å². The van der Waals surface area contributed by atoms with Crippen molar-refractivity contribution < 1.29 is 0 Å². The highest BCUT2D eigenvalue weighted by Gasteiger charge is 2.38. The van der Waals surface area contributed by atoms with E-state index >= 15 is 0 Å². The van der Waals surface area contributed by atoms with Gasteiger partial charge in [-0.15, -0.1) is 0 Å². The summed E-state index contributed by atoms with van der Waals surface area (Å²) in [4.78, 5) is 10.0. The van der Waals surface area contributed by atoms with Gasteiger partial charge in [0.1, 0.15) is 0 Å². The zero-order valence-corrected chi connectivity index (χ0v) is 41.0. The number of pyridine rings is 2. The molecular formula is C70H52N2. The van der Waals surface area contributed by atoms with Gasteiger partial charge in [0.25, 0.3) is 0 Å². The van der Waals surface area contributed by atoms with Crippen LogP contribution in [-0.2, 0) is 10.8 Å². The van der Waals surface area contributed by atoms with Crippen molar-refractivity contribution in [1.82, 2.24) is 9.97 Å². The molecule has 72 heavy (non-hydrogen) atoms. The minimum atomic E-state index is -0.240. The molecule has 0 saturated heterocycles. The van der Waals surface area contributed by atoms with Gasteiger partial charge in [0.2, 0.25) is 0 Å². The summed E-state index contributed by atoms with van der Waals surface area (Å²) in [6.07, 6.45) is 8.78. The molecule has 0 fully saturated rings. The van der Waals surface area contributed by atoms with Crippen molar-refractivity contribution in [3.05, 3.63) is 263 Å². The van der Waals surface area contributed by atoms with Gasteiger partial charge in [0, 0.05) is 21.6 Å². The van der Waals surface area contributed by atoms with Gasteiger partial charge in [0.05, 0.1) is 22.4 Å². The average Bonchev–Trinajstić information content (AvgIpc) is 3.79. The molecule has 2 aliphatic rings. The van der Waals surface area contributed by atoms with E-state index in [0.29, 0.717) is 0 Å². The number of aromatic nitrogens is 2. The molecule has 0 amide bonds. The molecule has 2 aliphatic carbocycles. The molecule has 2 nitrogen and oxygen atoms in total. The third kappa shape index (κ3) is 7.42. The summed E-state index contributed by atoms with van der Waals surface area (Å²) >= 11 is 0. The molecule has 0 N–H and O–H groups in total. The summed E-state index contributed by atoms with van der Waals surface area (Å²) in [6, 6.07) is 79.7. The summed E-state index contributed by atoms with van der Waals surface area (Å²) in [6.45, 7) is 9.56. The number of rotatable bonds is 8. The van der Waals surface area contributed by atoms with Gasteiger partial charge < -0.3 is 0 Å². The van der Waals surface area contributed by atoms with Crippen LogP contribution in [0.5, 0.6) is 0 Å². The van der Waals surface area contributed by atoms with Crippen molar-refractivity contribution in [2.45, 2.75) is 38.5 Å². The second-order valence-corrected chi connectivity index (χ2v) is 20.6. The van der Waals surface area contributed by atoms with E-state index in [2.05, 4.69) is 264 Å². The number of hydrogen-bond donors (Lipinski definition) is 0. The number of fused-ring (bicyclic) bond motifs is 8. The maximum absolute atomic E-state index is 5.04. The third-order valence-electron chi connectivity index (χ3n) is 15.5. The second-order valence-electron chi connectivity index (χ2n) is 20.6. The molecule has 2 heterocycles. The Bertz CT molecular complexity index is 4020. The van der Waals surface area contributed by atoms with Crippen LogP contribution in [-0.4, -0.2) is 9.97 Å². The summed E-state index contributed by atoms with van der Waals surface area (Å²) in [7, 11) is 0. The van der Waals surface area contributed by atoms with Crippen LogP contribution in [0.4, 0.5) is 0 Å². The van der Waals surface area contributed by atoms with E-state index in [4.69, 9.17) is 9.97 Å². The first kappa shape index (κ1) is 43.3. The molecule has 11 aromatic rings. The van der Waals surface area contributed by atoms with E-state index < -0.39 is 0 Å². The van der Waals surface area contributed by atoms with Crippen LogP contribution in [0.1, 0.15) is 72.5 Å². The standard InChI is InChI=1S/C70H52N2/c1-69(2)63-41-49(45-15-7-5-8-16-45)27-35-57(63)58-36-28-50(42-64(58)69)51-29-37-59-60-38-30-54(44-66(60)70(3,4)65(59)43-51)62-40-52(25-33-55-31-23-47-19-11-13-21-67(47)71-55)61(46-17-9-6-10-18-46)39-53(62)26-34-56-32-24-48-20-12-14-22-68(48)72-56/h5-44H,1-4H3/b33-25+,34-26+. The Morgan fingerprint density at radius 1 is 0.278 bits per heavy atom. The molecule has 2 aromatic heterocycles. The van der Waals surface area contributed by atoms with Crippen molar-refractivity contribution in [2.75, 3.05) is 0 Å². The molecular weight excluding hydrogens is 869 g/mol. The molecule has 0 atom stereocenters. The molecule has 0 aliphatic heterocycles. The largest absolute Gasteiger partial charge is 0.248 e. The first-order valence-corrected chi connectivity index (χ1v) is 25.1. The van der Waals surface area contributed by atoms with E-state index in [9.17, 15) is 0 Å². The van der Waals surface area contributed by atoms with Gasteiger partial charge in [0.15, 0.2) is 0 Å². The second kappa shape index (κ2) is 17.0. The zero-order valence-electron chi connectivity index (χ0n) is 41.0.